The number of anilines is 1. The summed E-state index contributed by atoms with van der Waals surface area (Å²) in [5.41, 5.74) is 2.72. The highest BCUT2D eigenvalue weighted by molar-refractivity contribution is 7.93. The number of carbonyl (C=O) groups is 1. The van der Waals surface area contributed by atoms with Crippen LogP contribution in [0.1, 0.15) is 21.6 Å². The Bertz CT molecular complexity index is 1630. The molecule has 10 nitrogen and oxygen atoms in total. The highest BCUT2D eigenvalue weighted by Gasteiger charge is 2.21. The summed E-state index contributed by atoms with van der Waals surface area (Å²) >= 11 is 0. The lowest BCUT2D eigenvalue weighted by molar-refractivity contribution is 0.0700. The lowest BCUT2D eigenvalue weighted by atomic mass is 10.1. The highest BCUT2D eigenvalue weighted by atomic mass is 32.2. The minimum Gasteiger partial charge on any atom is -0.496 e. The molecule has 0 unspecified atom stereocenters. The van der Waals surface area contributed by atoms with Crippen molar-refractivity contribution < 1.29 is 27.9 Å². The molecular weight excluding hydrogens is 484 g/mol. The summed E-state index contributed by atoms with van der Waals surface area (Å²) in [5, 5.41) is 9.35. The second-order valence-corrected chi connectivity index (χ2v) is 8.93. The van der Waals surface area contributed by atoms with Crippen LogP contribution < -0.4 is 19.7 Å². The largest absolute Gasteiger partial charge is 0.496 e. The monoisotopic (exact) mass is 504 g/mol. The summed E-state index contributed by atoms with van der Waals surface area (Å²) in [5.74, 6) is 5.76. The van der Waals surface area contributed by atoms with Crippen LogP contribution >= 0.6 is 0 Å². The van der Waals surface area contributed by atoms with Crippen LogP contribution in [-0.4, -0.2) is 43.7 Å². The predicted octanol–water partition coefficient (Wildman–Crippen LogP) is 2.97. The highest BCUT2D eigenvalue weighted by Crippen LogP contribution is 2.30. The van der Waals surface area contributed by atoms with Crippen molar-refractivity contribution in [2.75, 3.05) is 18.9 Å². The number of nitrogens with zero attached hydrogens (tertiary/aromatic N) is 2. The van der Waals surface area contributed by atoms with Crippen molar-refractivity contribution in [3.8, 4) is 23.3 Å². The SMILES string of the molecule is COc1cc(C(=O)NO)ncc1C#Cc1ccccc1NS(=O)(=O)c1ccc(OC)c2cccnc12. The number of fused-ring (bicyclic) bond motifs is 1. The lowest BCUT2D eigenvalue weighted by Crippen LogP contribution is -2.20. The first-order chi connectivity index (χ1) is 17.4. The van der Waals surface area contributed by atoms with Crippen LogP contribution in [0.2, 0.25) is 0 Å². The Balaban J connectivity index is 1.71. The zero-order chi connectivity index (χ0) is 25.7. The Labute approximate surface area is 206 Å². The summed E-state index contributed by atoms with van der Waals surface area (Å²) < 4.78 is 39.9. The maximum Gasteiger partial charge on any atom is 0.293 e. The number of carbonyl (C=O) groups excluding carboxylic acids is 1. The van der Waals surface area contributed by atoms with Gasteiger partial charge in [-0.15, -0.1) is 0 Å². The topological polar surface area (TPSA) is 140 Å². The van der Waals surface area contributed by atoms with Gasteiger partial charge < -0.3 is 9.47 Å². The number of hydrogen-bond acceptors (Lipinski definition) is 8. The molecule has 0 aliphatic rings. The van der Waals surface area contributed by atoms with Crippen LogP contribution in [0.25, 0.3) is 10.9 Å². The Kier molecular flexibility index (Phi) is 7.00. The maximum absolute atomic E-state index is 13.3. The number of benzene rings is 2. The van der Waals surface area contributed by atoms with Gasteiger partial charge in [-0.1, -0.05) is 24.0 Å². The average Bonchev–Trinajstić information content (AvgIpc) is 2.91. The number of rotatable bonds is 6. The van der Waals surface area contributed by atoms with Gasteiger partial charge in [0.25, 0.3) is 15.9 Å². The van der Waals surface area contributed by atoms with Gasteiger partial charge in [-0.2, -0.15) is 0 Å². The number of pyridine rings is 2. The molecule has 0 fully saturated rings. The van der Waals surface area contributed by atoms with Crippen LogP contribution in [0.15, 0.2) is 71.9 Å². The molecule has 0 aliphatic heterocycles. The Morgan fingerprint density at radius 1 is 0.944 bits per heavy atom. The average molecular weight is 505 g/mol. The van der Waals surface area contributed by atoms with Crippen LogP contribution in [0.3, 0.4) is 0 Å². The van der Waals surface area contributed by atoms with Crippen molar-refractivity contribution in [2.24, 2.45) is 0 Å². The molecule has 0 aliphatic carbocycles. The van der Waals surface area contributed by atoms with E-state index in [4.69, 9.17) is 14.7 Å². The van der Waals surface area contributed by atoms with E-state index in [1.165, 1.54) is 44.2 Å². The number of ether oxygens (including phenoxy) is 2. The summed E-state index contributed by atoms with van der Waals surface area (Å²) in [7, 11) is -1.14. The van der Waals surface area contributed by atoms with E-state index in [2.05, 4.69) is 26.5 Å². The smallest absolute Gasteiger partial charge is 0.293 e. The van der Waals surface area contributed by atoms with Crippen molar-refractivity contribution in [1.29, 1.82) is 0 Å². The molecule has 1 amide bonds. The second-order valence-electron chi connectivity index (χ2n) is 7.28. The minimum absolute atomic E-state index is 0.00900. The first-order valence-corrected chi connectivity index (χ1v) is 11.9. The third kappa shape index (κ3) is 4.90. The van der Waals surface area contributed by atoms with Gasteiger partial charge in [0.1, 0.15) is 22.1 Å². The molecule has 0 spiro atoms. The second kappa shape index (κ2) is 10.3. The normalized spacial score (nSPS) is 10.8. The van der Waals surface area contributed by atoms with E-state index >= 15 is 0 Å². The molecule has 182 valence electrons. The number of hydroxylamine groups is 1. The first kappa shape index (κ1) is 24.5. The molecule has 2 aromatic heterocycles. The number of aromatic nitrogens is 2. The maximum atomic E-state index is 13.3. The Morgan fingerprint density at radius 2 is 1.69 bits per heavy atom. The van der Waals surface area contributed by atoms with Gasteiger partial charge in [0.05, 0.1) is 31.0 Å². The number of methoxy groups -OCH3 is 2. The van der Waals surface area contributed by atoms with E-state index in [0.29, 0.717) is 22.3 Å². The van der Waals surface area contributed by atoms with Crippen molar-refractivity contribution in [1.82, 2.24) is 15.4 Å². The number of para-hydroxylation sites is 1. The summed E-state index contributed by atoms with van der Waals surface area (Å²) in [6.07, 6.45) is 2.83. The molecule has 2 aromatic carbocycles. The molecule has 0 saturated heterocycles. The van der Waals surface area contributed by atoms with Gasteiger partial charge >= 0.3 is 0 Å². The van der Waals surface area contributed by atoms with Crippen LogP contribution in [0, 0.1) is 11.8 Å². The summed E-state index contributed by atoms with van der Waals surface area (Å²) in [6.45, 7) is 0. The number of nitrogens with one attached hydrogen (secondary N) is 2. The van der Waals surface area contributed by atoms with Gasteiger partial charge in [0.2, 0.25) is 0 Å². The number of amides is 1. The fourth-order valence-electron chi connectivity index (χ4n) is 3.41. The van der Waals surface area contributed by atoms with E-state index in [1.807, 2.05) is 0 Å². The zero-order valence-electron chi connectivity index (χ0n) is 19.1. The quantitative estimate of drug-likeness (QED) is 0.207. The van der Waals surface area contributed by atoms with Crippen molar-refractivity contribution in [2.45, 2.75) is 4.90 Å². The molecule has 3 N–H and O–H groups in total. The van der Waals surface area contributed by atoms with Crippen LogP contribution in [-0.2, 0) is 10.0 Å². The van der Waals surface area contributed by atoms with Gasteiger partial charge in [0, 0.05) is 29.4 Å². The third-order valence-electron chi connectivity index (χ3n) is 5.13. The summed E-state index contributed by atoms with van der Waals surface area (Å²) in [4.78, 5) is 19.8. The van der Waals surface area contributed by atoms with E-state index in [-0.39, 0.29) is 27.5 Å². The van der Waals surface area contributed by atoms with Crippen molar-refractivity contribution in [3.63, 3.8) is 0 Å². The van der Waals surface area contributed by atoms with Gasteiger partial charge in [-0.25, -0.2) is 18.9 Å². The minimum atomic E-state index is -4.04. The molecule has 4 aromatic rings. The molecular formula is C25H20N4O6S. The van der Waals surface area contributed by atoms with E-state index in [9.17, 15) is 13.2 Å². The molecule has 36 heavy (non-hydrogen) atoms. The van der Waals surface area contributed by atoms with Gasteiger partial charge in [-0.3, -0.25) is 19.7 Å². The first-order valence-electron chi connectivity index (χ1n) is 10.4. The van der Waals surface area contributed by atoms with E-state index in [1.54, 1.807) is 42.5 Å². The Hall–Kier alpha value is -4.66. The lowest BCUT2D eigenvalue weighted by Gasteiger charge is -2.13. The van der Waals surface area contributed by atoms with Crippen molar-refractivity contribution in [3.05, 3.63) is 83.8 Å². The molecule has 4 rings (SSSR count). The van der Waals surface area contributed by atoms with Gasteiger partial charge in [0.15, 0.2) is 0 Å². The van der Waals surface area contributed by atoms with Gasteiger partial charge in [-0.05, 0) is 36.4 Å². The molecule has 0 bridgehead atoms. The molecule has 0 atom stereocenters. The third-order valence-corrected chi connectivity index (χ3v) is 6.52. The fraction of sp³-hybridized carbons (Fsp3) is 0.0800. The zero-order valence-corrected chi connectivity index (χ0v) is 20.0. The predicted molar refractivity (Wildman–Crippen MR) is 132 cm³/mol. The molecule has 11 heteroatoms. The fourth-order valence-corrected chi connectivity index (χ4v) is 4.65. The van der Waals surface area contributed by atoms with Crippen molar-refractivity contribution >= 4 is 32.5 Å². The van der Waals surface area contributed by atoms with Crippen LogP contribution in [0.5, 0.6) is 11.5 Å². The Morgan fingerprint density at radius 3 is 2.44 bits per heavy atom. The number of hydrogen-bond donors (Lipinski definition) is 3. The van der Waals surface area contributed by atoms with E-state index < -0.39 is 15.9 Å². The van der Waals surface area contributed by atoms with E-state index in [0.717, 1.165) is 0 Å². The molecule has 0 radical (unpaired) electrons. The summed E-state index contributed by atoms with van der Waals surface area (Å²) in [6, 6.07) is 14.4. The number of sulfonamides is 1. The molecule has 2 heterocycles. The standard InChI is InChI=1S/C25H20N4O6S/c1-34-21-11-12-23(24-18(21)7-5-13-26-24)36(32,33)29-19-8-4-3-6-16(19)9-10-17-15-27-20(25(30)28-31)14-22(17)35-2/h3-8,11-15,29,31H,1-2H3,(H,28,30). The van der Waals surface area contributed by atoms with Crippen LogP contribution in [0.4, 0.5) is 5.69 Å². The molecule has 0 saturated carbocycles.